The van der Waals surface area contributed by atoms with Crippen molar-refractivity contribution in [3.8, 4) is 0 Å². The summed E-state index contributed by atoms with van der Waals surface area (Å²) in [5.41, 5.74) is 3.28. The van der Waals surface area contributed by atoms with Crippen LogP contribution >= 0.6 is 11.6 Å². The van der Waals surface area contributed by atoms with Gasteiger partial charge in [-0.1, -0.05) is 23.7 Å². The number of fused-ring (bicyclic) bond motifs is 1. The molecule has 1 aliphatic rings. The molecule has 4 heteroatoms. The summed E-state index contributed by atoms with van der Waals surface area (Å²) in [5, 5.41) is 0.452. The van der Waals surface area contributed by atoms with E-state index in [0.29, 0.717) is 21.8 Å². The summed E-state index contributed by atoms with van der Waals surface area (Å²) in [6.45, 7) is 3.81. The zero-order valence-corrected chi connectivity index (χ0v) is 11.9. The van der Waals surface area contributed by atoms with Gasteiger partial charge in [0.15, 0.2) is 0 Å². The number of rotatable bonds is 1. The Bertz CT molecular complexity index is 752. The molecular formula is C16H12ClNO2. The van der Waals surface area contributed by atoms with E-state index in [1.54, 1.807) is 18.2 Å². The third kappa shape index (κ3) is 1.82. The lowest BCUT2D eigenvalue weighted by Crippen LogP contribution is -2.30. The first-order valence-corrected chi connectivity index (χ1v) is 6.62. The van der Waals surface area contributed by atoms with Crippen molar-refractivity contribution >= 4 is 29.1 Å². The fourth-order valence-corrected chi connectivity index (χ4v) is 2.56. The molecule has 2 aromatic carbocycles. The van der Waals surface area contributed by atoms with E-state index < -0.39 is 0 Å². The van der Waals surface area contributed by atoms with Crippen LogP contribution in [0.2, 0.25) is 5.02 Å². The number of amides is 2. The predicted molar refractivity (Wildman–Crippen MR) is 78.5 cm³/mol. The van der Waals surface area contributed by atoms with E-state index in [0.717, 1.165) is 11.1 Å². The van der Waals surface area contributed by atoms with Crippen LogP contribution in [0.1, 0.15) is 31.8 Å². The summed E-state index contributed by atoms with van der Waals surface area (Å²) < 4.78 is 0. The highest BCUT2D eigenvalue weighted by atomic mass is 35.5. The number of benzene rings is 2. The van der Waals surface area contributed by atoms with E-state index in [1.165, 1.54) is 4.90 Å². The summed E-state index contributed by atoms with van der Waals surface area (Å²) in [6, 6.07) is 10.5. The lowest BCUT2D eigenvalue weighted by molar-refractivity contribution is 0.0926. The molecule has 0 spiro atoms. The molecule has 1 aliphatic heterocycles. The fourth-order valence-electron chi connectivity index (χ4n) is 2.39. The molecule has 0 saturated carbocycles. The molecule has 20 heavy (non-hydrogen) atoms. The number of hydrogen-bond donors (Lipinski definition) is 0. The van der Waals surface area contributed by atoms with Gasteiger partial charge in [-0.05, 0) is 49.2 Å². The number of hydrogen-bond acceptors (Lipinski definition) is 2. The van der Waals surface area contributed by atoms with Crippen molar-refractivity contribution in [2.45, 2.75) is 13.8 Å². The molecule has 3 nitrogen and oxygen atoms in total. The molecule has 3 rings (SSSR count). The second-order valence-corrected chi connectivity index (χ2v) is 5.36. The van der Waals surface area contributed by atoms with Gasteiger partial charge in [-0.25, -0.2) is 4.90 Å². The van der Waals surface area contributed by atoms with Crippen molar-refractivity contribution in [2.24, 2.45) is 0 Å². The highest BCUT2D eigenvalue weighted by molar-refractivity contribution is 6.36. The highest BCUT2D eigenvalue weighted by Crippen LogP contribution is 2.32. The largest absolute Gasteiger partial charge is 0.268 e. The molecule has 0 saturated heterocycles. The van der Waals surface area contributed by atoms with Crippen LogP contribution in [0.4, 0.5) is 5.69 Å². The van der Waals surface area contributed by atoms with Gasteiger partial charge in [-0.15, -0.1) is 0 Å². The summed E-state index contributed by atoms with van der Waals surface area (Å²) >= 11 is 5.90. The van der Waals surface area contributed by atoms with Gasteiger partial charge in [0.1, 0.15) is 0 Å². The maximum Gasteiger partial charge on any atom is 0.266 e. The monoisotopic (exact) mass is 285 g/mol. The van der Waals surface area contributed by atoms with Crippen LogP contribution in [-0.2, 0) is 0 Å². The van der Waals surface area contributed by atoms with E-state index in [2.05, 4.69) is 0 Å². The van der Waals surface area contributed by atoms with Crippen molar-refractivity contribution in [2.75, 3.05) is 4.90 Å². The molecule has 0 bridgehead atoms. The van der Waals surface area contributed by atoms with E-state index in [4.69, 9.17) is 11.6 Å². The second-order valence-electron chi connectivity index (χ2n) is 4.93. The molecule has 0 aliphatic carbocycles. The SMILES string of the molecule is Cc1ccc(C)c(N2C(=O)c3ccc(Cl)cc3C2=O)c1. The van der Waals surface area contributed by atoms with Gasteiger partial charge in [-0.3, -0.25) is 9.59 Å². The zero-order valence-electron chi connectivity index (χ0n) is 11.1. The Balaban J connectivity index is 2.16. The molecule has 1 heterocycles. The minimum atomic E-state index is -0.318. The van der Waals surface area contributed by atoms with Crippen LogP contribution in [0.3, 0.4) is 0 Å². The van der Waals surface area contributed by atoms with Gasteiger partial charge in [0.05, 0.1) is 16.8 Å². The number of halogens is 1. The van der Waals surface area contributed by atoms with Crippen LogP contribution in [0.15, 0.2) is 36.4 Å². The normalized spacial score (nSPS) is 13.8. The number of anilines is 1. The summed E-state index contributed by atoms with van der Waals surface area (Å²) in [4.78, 5) is 26.1. The number of carbonyl (C=O) groups excluding carboxylic acids is 2. The number of carbonyl (C=O) groups is 2. The fraction of sp³-hybridized carbons (Fsp3) is 0.125. The quantitative estimate of drug-likeness (QED) is 0.748. The van der Waals surface area contributed by atoms with Crippen LogP contribution in [0.25, 0.3) is 0 Å². The highest BCUT2D eigenvalue weighted by Gasteiger charge is 2.37. The van der Waals surface area contributed by atoms with E-state index in [9.17, 15) is 9.59 Å². The van der Waals surface area contributed by atoms with Crippen LogP contribution in [0, 0.1) is 13.8 Å². The Hall–Kier alpha value is -2.13. The van der Waals surface area contributed by atoms with Crippen molar-refractivity contribution < 1.29 is 9.59 Å². The van der Waals surface area contributed by atoms with Crippen LogP contribution < -0.4 is 4.90 Å². The molecule has 100 valence electrons. The smallest absolute Gasteiger partial charge is 0.266 e. The summed E-state index contributed by atoms with van der Waals surface area (Å²) in [7, 11) is 0. The third-order valence-corrected chi connectivity index (χ3v) is 3.69. The molecular weight excluding hydrogens is 274 g/mol. The maximum atomic E-state index is 12.5. The summed E-state index contributed by atoms with van der Waals surface area (Å²) in [5.74, 6) is -0.614. The Labute approximate surface area is 121 Å². The lowest BCUT2D eigenvalue weighted by atomic mass is 10.1. The standard InChI is InChI=1S/C16H12ClNO2/c1-9-3-4-10(2)14(7-9)18-15(19)12-6-5-11(17)8-13(12)16(18)20/h3-8H,1-2H3. The maximum absolute atomic E-state index is 12.5. The third-order valence-electron chi connectivity index (χ3n) is 3.45. The van der Waals surface area contributed by atoms with E-state index in [1.807, 2.05) is 32.0 Å². The molecule has 2 amide bonds. The Morgan fingerprint density at radius 2 is 1.60 bits per heavy atom. The van der Waals surface area contributed by atoms with Crippen molar-refractivity contribution in [3.63, 3.8) is 0 Å². The molecule has 2 aromatic rings. The predicted octanol–water partition coefficient (Wildman–Crippen LogP) is 3.76. The Morgan fingerprint density at radius 1 is 0.900 bits per heavy atom. The van der Waals surface area contributed by atoms with Gasteiger partial charge in [0.25, 0.3) is 11.8 Å². The molecule has 0 unspecified atom stereocenters. The van der Waals surface area contributed by atoms with Gasteiger partial charge < -0.3 is 0 Å². The molecule has 0 N–H and O–H groups in total. The second kappa shape index (κ2) is 4.46. The van der Waals surface area contributed by atoms with Crippen LogP contribution in [0.5, 0.6) is 0 Å². The Morgan fingerprint density at radius 3 is 2.35 bits per heavy atom. The average molecular weight is 286 g/mol. The minimum Gasteiger partial charge on any atom is -0.268 e. The van der Waals surface area contributed by atoms with Crippen molar-refractivity contribution in [3.05, 3.63) is 63.7 Å². The van der Waals surface area contributed by atoms with Crippen LogP contribution in [-0.4, -0.2) is 11.8 Å². The number of imide groups is 1. The van der Waals surface area contributed by atoms with E-state index >= 15 is 0 Å². The van der Waals surface area contributed by atoms with Crippen molar-refractivity contribution in [1.82, 2.24) is 0 Å². The number of aryl methyl sites for hydroxylation is 2. The summed E-state index contributed by atoms with van der Waals surface area (Å²) in [6.07, 6.45) is 0. The van der Waals surface area contributed by atoms with Crippen molar-refractivity contribution in [1.29, 1.82) is 0 Å². The first kappa shape index (κ1) is 12.9. The molecule has 0 aromatic heterocycles. The first-order chi connectivity index (χ1) is 9.49. The molecule has 0 radical (unpaired) electrons. The average Bonchev–Trinajstić information content (AvgIpc) is 2.65. The minimum absolute atomic E-state index is 0.296. The topological polar surface area (TPSA) is 37.4 Å². The Kier molecular flexibility index (Phi) is 2.87. The molecule has 0 atom stereocenters. The van der Waals surface area contributed by atoms with Gasteiger partial charge in [0, 0.05) is 5.02 Å². The first-order valence-electron chi connectivity index (χ1n) is 6.24. The van der Waals surface area contributed by atoms with Gasteiger partial charge in [0.2, 0.25) is 0 Å². The van der Waals surface area contributed by atoms with Gasteiger partial charge in [-0.2, -0.15) is 0 Å². The zero-order chi connectivity index (χ0) is 14.4. The number of nitrogens with zero attached hydrogens (tertiary/aromatic N) is 1. The lowest BCUT2D eigenvalue weighted by Gasteiger charge is -2.17. The van der Waals surface area contributed by atoms with Gasteiger partial charge >= 0.3 is 0 Å². The van der Waals surface area contributed by atoms with E-state index in [-0.39, 0.29) is 11.8 Å². The molecule has 0 fully saturated rings.